The van der Waals surface area contributed by atoms with Crippen LogP contribution in [-0.2, 0) is 25.4 Å². The summed E-state index contributed by atoms with van der Waals surface area (Å²) in [4.78, 5) is 38.0. The molecule has 0 aromatic heterocycles. The molecule has 2 unspecified atom stereocenters. The van der Waals surface area contributed by atoms with Gasteiger partial charge < -0.3 is 24.3 Å². The van der Waals surface area contributed by atoms with Crippen molar-refractivity contribution in [3.8, 4) is 11.8 Å². The Morgan fingerprint density at radius 2 is 1.89 bits per heavy atom. The molecule has 36 heavy (non-hydrogen) atoms. The van der Waals surface area contributed by atoms with E-state index in [0.29, 0.717) is 17.0 Å². The highest BCUT2D eigenvalue weighted by atomic mass is 16.6. The molecule has 1 fully saturated rings. The van der Waals surface area contributed by atoms with Crippen molar-refractivity contribution in [3.63, 3.8) is 0 Å². The number of hydrogen-bond acceptors (Lipinski definition) is 8. The van der Waals surface area contributed by atoms with Gasteiger partial charge in [-0.25, -0.2) is 14.4 Å². The van der Waals surface area contributed by atoms with E-state index in [9.17, 15) is 19.6 Å². The molecule has 1 N–H and O–H groups in total. The monoisotopic (exact) mass is 495 g/mol. The molecule has 2 atom stereocenters. The number of anilines is 1. The van der Waals surface area contributed by atoms with Crippen LogP contribution < -0.4 is 15.0 Å². The smallest absolute Gasteiger partial charge is 0.414 e. The molecule has 2 aromatic rings. The van der Waals surface area contributed by atoms with Gasteiger partial charge in [0.1, 0.15) is 30.1 Å². The lowest BCUT2D eigenvalue weighted by molar-refractivity contribution is -0.143. The number of amides is 2. The summed E-state index contributed by atoms with van der Waals surface area (Å²) in [6.45, 7) is 5.57. The Hall–Kier alpha value is -4.26. The van der Waals surface area contributed by atoms with Crippen LogP contribution in [0.4, 0.5) is 15.3 Å². The Morgan fingerprint density at radius 1 is 1.19 bits per heavy atom. The number of rotatable bonds is 8. The van der Waals surface area contributed by atoms with E-state index >= 15 is 0 Å². The standard InChI is InChI=1S/C26H29N3O7/c1-26(2,3)36-24(31)28-21(23(30)33-4)13-17-9-11-19(12-10-17)34-16-20-15-29(25(32)35-20)22-8-6-5-7-18(22)14-27/h5-12,20-21H,13,15-16H2,1-4H3,(H,28,31). The van der Waals surface area contributed by atoms with Gasteiger partial charge in [-0.1, -0.05) is 24.3 Å². The predicted molar refractivity (Wildman–Crippen MR) is 130 cm³/mol. The molecule has 1 saturated heterocycles. The van der Waals surface area contributed by atoms with Crippen LogP contribution in [0.5, 0.6) is 5.75 Å². The Balaban J connectivity index is 1.56. The summed E-state index contributed by atoms with van der Waals surface area (Å²) in [6, 6.07) is 14.9. The zero-order valence-electron chi connectivity index (χ0n) is 20.6. The quantitative estimate of drug-likeness (QED) is 0.435. The molecule has 0 saturated carbocycles. The molecule has 10 nitrogen and oxygen atoms in total. The van der Waals surface area contributed by atoms with Crippen molar-refractivity contribution in [2.45, 2.75) is 44.9 Å². The third kappa shape index (κ3) is 7.12. The summed E-state index contributed by atoms with van der Waals surface area (Å²) in [7, 11) is 1.25. The number of benzene rings is 2. The lowest BCUT2D eigenvalue weighted by Crippen LogP contribution is -2.45. The fraction of sp³-hybridized carbons (Fsp3) is 0.385. The molecule has 1 heterocycles. The van der Waals surface area contributed by atoms with Gasteiger partial charge in [0.2, 0.25) is 0 Å². The molecule has 0 radical (unpaired) electrons. The fourth-order valence-corrected chi connectivity index (χ4v) is 3.54. The summed E-state index contributed by atoms with van der Waals surface area (Å²) < 4.78 is 21.2. The summed E-state index contributed by atoms with van der Waals surface area (Å²) in [6.07, 6.45) is -1.56. The molecule has 10 heteroatoms. The molecule has 1 aliphatic rings. The molecule has 0 aliphatic carbocycles. The average Bonchev–Trinajstić information content (AvgIpc) is 3.21. The first-order valence-electron chi connectivity index (χ1n) is 11.4. The Morgan fingerprint density at radius 3 is 2.53 bits per heavy atom. The second-order valence-electron chi connectivity index (χ2n) is 9.13. The number of hydrogen-bond donors (Lipinski definition) is 1. The molecule has 0 spiro atoms. The van der Waals surface area contributed by atoms with Crippen LogP contribution in [0.15, 0.2) is 48.5 Å². The van der Waals surface area contributed by atoms with E-state index in [-0.39, 0.29) is 19.6 Å². The maximum absolute atomic E-state index is 12.3. The molecule has 0 bridgehead atoms. The van der Waals surface area contributed by atoms with Gasteiger partial charge in [-0.2, -0.15) is 5.26 Å². The molecule has 2 aromatic carbocycles. The van der Waals surface area contributed by atoms with Crippen molar-refractivity contribution in [3.05, 3.63) is 59.7 Å². The highest BCUT2D eigenvalue weighted by Gasteiger charge is 2.34. The second kappa shape index (κ2) is 11.4. The molecule has 2 amide bonds. The molecular formula is C26H29N3O7. The minimum absolute atomic E-state index is 0.126. The number of carbonyl (C=O) groups is 3. The van der Waals surface area contributed by atoms with Gasteiger partial charge in [-0.05, 0) is 50.6 Å². The van der Waals surface area contributed by atoms with Crippen LogP contribution in [-0.4, -0.2) is 56.2 Å². The Kier molecular flexibility index (Phi) is 8.38. The summed E-state index contributed by atoms with van der Waals surface area (Å²) in [5, 5.41) is 11.8. The van der Waals surface area contributed by atoms with Gasteiger partial charge in [-0.15, -0.1) is 0 Å². The predicted octanol–water partition coefficient (Wildman–Crippen LogP) is 3.57. The fourth-order valence-electron chi connectivity index (χ4n) is 3.54. The second-order valence-corrected chi connectivity index (χ2v) is 9.13. The van der Waals surface area contributed by atoms with E-state index in [1.807, 2.05) is 0 Å². The SMILES string of the molecule is COC(=O)C(Cc1ccc(OCC2CN(c3ccccc3C#N)C(=O)O2)cc1)NC(=O)OC(C)(C)C. The van der Waals surface area contributed by atoms with Crippen LogP contribution in [0.25, 0.3) is 0 Å². The largest absolute Gasteiger partial charge is 0.490 e. The summed E-state index contributed by atoms with van der Waals surface area (Å²) in [5.41, 5.74) is 0.948. The van der Waals surface area contributed by atoms with E-state index in [1.54, 1.807) is 69.3 Å². The van der Waals surface area contributed by atoms with Crippen molar-refractivity contribution in [1.29, 1.82) is 5.26 Å². The number of nitrogens with zero attached hydrogens (tertiary/aromatic N) is 2. The zero-order valence-corrected chi connectivity index (χ0v) is 20.6. The van der Waals surface area contributed by atoms with Crippen LogP contribution in [0.3, 0.4) is 0 Å². The third-order valence-electron chi connectivity index (χ3n) is 5.17. The normalized spacial score (nSPS) is 15.9. The Labute approximate surface area is 209 Å². The lowest BCUT2D eigenvalue weighted by Gasteiger charge is -2.22. The first-order chi connectivity index (χ1) is 17.1. The number of ether oxygens (including phenoxy) is 4. The van der Waals surface area contributed by atoms with Crippen LogP contribution in [0.1, 0.15) is 31.9 Å². The maximum atomic E-state index is 12.3. The number of para-hydroxylation sites is 1. The first-order valence-corrected chi connectivity index (χ1v) is 11.4. The lowest BCUT2D eigenvalue weighted by atomic mass is 10.1. The number of nitrogens with one attached hydrogen (secondary N) is 1. The average molecular weight is 496 g/mol. The van der Waals surface area contributed by atoms with E-state index in [2.05, 4.69) is 11.4 Å². The highest BCUT2D eigenvalue weighted by Crippen LogP contribution is 2.25. The van der Waals surface area contributed by atoms with Crippen molar-refractivity contribution in [2.75, 3.05) is 25.2 Å². The van der Waals surface area contributed by atoms with Gasteiger partial charge in [0.15, 0.2) is 6.10 Å². The zero-order chi connectivity index (χ0) is 26.3. The van der Waals surface area contributed by atoms with Gasteiger partial charge >= 0.3 is 18.2 Å². The third-order valence-corrected chi connectivity index (χ3v) is 5.17. The van der Waals surface area contributed by atoms with Gasteiger partial charge in [0, 0.05) is 6.42 Å². The van der Waals surface area contributed by atoms with Gasteiger partial charge in [0.25, 0.3) is 0 Å². The number of carbonyl (C=O) groups excluding carboxylic acids is 3. The van der Waals surface area contributed by atoms with Crippen LogP contribution >= 0.6 is 0 Å². The van der Waals surface area contributed by atoms with Crippen molar-refractivity contribution >= 4 is 23.8 Å². The summed E-state index contributed by atoms with van der Waals surface area (Å²) in [5.74, 6) is -0.0489. The van der Waals surface area contributed by atoms with E-state index < -0.39 is 35.9 Å². The van der Waals surface area contributed by atoms with Gasteiger partial charge in [-0.3, -0.25) is 4.90 Å². The van der Waals surface area contributed by atoms with Crippen molar-refractivity contribution < 1.29 is 33.3 Å². The number of esters is 1. The minimum Gasteiger partial charge on any atom is -0.490 e. The Bertz CT molecular complexity index is 1140. The molecule has 190 valence electrons. The van der Waals surface area contributed by atoms with E-state index in [1.165, 1.54) is 12.0 Å². The van der Waals surface area contributed by atoms with Crippen molar-refractivity contribution in [1.82, 2.24) is 5.32 Å². The van der Waals surface area contributed by atoms with Crippen LogP contribution in [0, 0.1) is 11.3 Å². The van der Waals surface area contributed by atoms with E-state index in [4.69, 9.17) is 18.9 Å². The maximum Gasteiger partial charge on any atom is 0.414 e. The first kappa shape index (κ1) is 26.3. The number of alkyl carbamates (subject to hydrolysis) is 1. The van der Waals surface area contributed by atoms with Crippen LogP contribution in [0.2, 0.25) is 0 Å². The number of nitriles is 1. The molecule has 1 aliphatic heterocycles. The molecule has 3 rings (SSSR count). The molecular weight excluding hydrogens is 466 g/mol. The van der Waals surface area contributed by atoms with Crippen molar-refractivity contribution in [2.24, 2.45) is 0 Å². The topological polar surface area (TPSA) is 127 Å². The van der Waals surface area contributed by atoms with E-state index in [0.717, 1.165) is 5.56 Å². The minimum atomic E-state index is -0.920. The number of cyclic esters (lactones) is 1. The number of methoxy groups -OCH3 is 1. The summed E-state index contributed by atoms with van der Waals surface area (Å²) >= 11 is 0. The highest BCUT2D eigenvalue weighted by molar-refractivity contribution is 5.91. The van der Waals surface area contributed by atoms with Gasteiger partial charge in [0.05, 0.1) is 24.9 Å².